The number of aryl methyl sites for hydroxylation is 1. The molecular formula is C28H21ClF3N5O. The van der Waals surface area contributed by atoms with Crippen molar-refractivity contribution < 1.29 is 18.0 Å². The number of benzene rings is 2. The van der Waals surface area contributed by atoms with Crippen LogP contribution < -0.4 is 11.0 Å². The normalized spacial score (nSPS) is 13.6. The van der Waals surface area contributed by atoms with Gasteiger partial charge >= 0.3 is 6.18 Å². The number of alkyl halides is 3. The van der Waals surface area contributed by atoms with Crippen molar-refractivity contribution in [3.8, 4) is 0 Å². The van der Waals surface area contributed by atoms with Gasteiger partial charge in [-0.2, -0.15) is 13.2 Å². The fraction of sp³-hybridized carbons (Fsp3) is 0.107. The third-order valence-electron chi connectivity index (χ3n) is 5.99. The third-order valence-corrected chi connectivity index (χ3v) is 6.32. The highest BCUT2D eigenvalue weighted by Gasteiger charge is 2.32. The topological polar surface area (TPSA) is 70.2 Å². The van der Waals surface area contributed by atoms with Gasteiger partial charge in [-0.15, -0.1) is 5.53 Å². The lowest BCUT2D eigenvalue weighted by molar-refractivity contribution is -0.137. The summed E-state index contributed by atoms with van der Waals surface area (Å²) >= 11 is 6.30. The van der Waals surface area contributed by atoms with Crippen LogP contribution in [0.15, 0.2) is 85.3 Å². The Kier molecular flexibility index (Phi) is 6.88. The minimum atomic E-state index is -4.46. The van der Waals surface area contributed by atoms with E-state index in [0.717, 1.165) is 17.7 Å². The molecule has 0 aliphatic carbocycles. The van der Waals surface area contributed by atoms with E-state index >= 15 is 0 Å². The van der Waals surface area contributed by atoms with Crippen molar-refractivity contribution in [1.29, 1.82) is 0 Å². The summed E-state index contributed by atoms with van der Waals surface area (Å²) in [6.45, 7) is 1.72. The summed E-state index contributed by atoms with van der Waals surface area (Å²) in [5, 5.41) is 1.99. The maximum atomic E-state index is 13.5. The molecule has 0 radical (unpaired) electrons. The van der Waals surface area contributed by atoms with Crippen LogP contribution in [-0.4, -0.2) is 20.8 Å². The molecule has 0 fully saturated rings. The molecule has 2 aromatic carbocycles. The quantitative estimate of drug-likeness (QED) is 0.293. The van der Waals surface area contributed by atoms with Crippen molar-refractivity contribution in [1.82, 2.24) is 25.9 Å². The molecule has 0 saturated carbocycles. The van der Waals surface area contributed by atoms with Gasteiger partial charge in [0.2, 0.25) is 0 Å². The smallest absolute Gasteiger partial charge is 0.300 e. The van der Waals surface area contributed by atoms with Gasteiger partial charge in [-0.1, -0.05) is 35.4 Å². The summed E-state index contributed by atoms with van der Waals surface area (Å²) in [6.07, 6.45) is 0.322. The fourth-order valence-corrected chi connectivity index (χ4v) is 4.57. The molecule has 0 bridgehead atoms. The van der Waals surface area contributed by atoms with Gasteiger partial charge in [0, 0.05) is 29.7 Å². The highest BCUT2D eigenvalue weighted by atomic mass is 35.5. The van der Waals surface area contributed by atoms with E-state index in [2.05, 4.69) is 20.9 Å². The number of nitrogens with zero attached hydrogens (tertiary/aromatic N) is 3. The second-order valence-corrected chi connectivity index (χ2v) is 9.10. The van der Waals surface area contributed by atoms with Gasteiger partial charge in [0.05, 0.1) is 28.4 Å². The second kappa shape index (κ2) is 10.3. The minimum absolute atomic E-state index is 0.0968. The Hall–Kier alpha value is -4.21. The highest BCUT2D eigenvalue weighted by Crippen LogP contribution is 2.34. The van der Waals surface area contributed by atoms with Crippen molar-refractivity contribution in [3.05, 3.63) is 129 Å². The van der Waals surface area contributed by atoms with Crippen LogP contribution in [0.5, 0.6) is 0 Å². The van der Waals surface area contributed by atoms with Crippen molar-refractivity contribution in [2.24, 2.45) is 0 Å². The summed E-state index contributed by atoms with van der Waals surface area (Å²) < 4.78 is 40.4. The lowest BCUT2D eigenvalue weighted by Crippen LogP contribution is -2.37. The molecule has 0 atom stereocenters. The summed E-state index contributed by atoms with van der Waals surface area (Å²) in [7, 11) is 0. The molecule has 6 nitrogen and oxygen atoms in total. The van der Waals surface area contributed by atoms with Crippen LogP contribution in [0, 0.1) is 6.92 Å². The van der Waals surface area contributed by atoms with Crippen LogP contribution >= 0.6 is 11.6 Å². The second-order valence-electron chi connectivity index (χ2n) is 8.70. The summed E-state index contributed by atoms with van der Waals surface area (Å²) in [4.78, 5) is 22.1. The number of halogens is 4. The van der Waals surface area contributed by atoms with E-state index in [1.807, 2.05) is 0 Å². The zero-order valence-corrected chi connectivity index (χ0v) is 20.8. The SMILES string of the molecule is Cc1cc(CN2NNC(c3ncccc3C(=O)c3ccccc3Cl)=C2c2ccncc2)cc(C(F)(F)F)c1. The molecule has 38 heavy (non-hydrogen) atoms. The zero-order valence-electron chi connectivity index (χ0n) is 20.1. The lowest BCUT2D eigenvalue weighted by atomic mass is 9.98. The third kappa shape index (κ3) is 5.11. The van der Waals surface area contributed by atoms with Gasteiger partial charge in [-0.3, -0.25) is 25.2 Å². The van der Waals surface area contributed by atoms with Crippen LogP contribution in [0.1, 0.15) is 43.9 Å². The molecule has 0 saturated heterocycles. The van der Waals surface area contributed by atoms with Gasteiger partial charge < -0.3 is 0 Å². The van der Waals surface area contributed by atoms with Gasteiger partial charge in [0.1, 0.15) is 11.4 Å². The Morgan fingerprint density at radius 1 is 0.974 bits per heavy atom. The van der Waals surface area contributed by atoms with Crippen LogP contribution in [0.25, 0.3) is 11.4 Å². The molecule has 1 aliphatic rings. The van der Waals surface area contributed by atoms with Gasteiger partial charge in [-0.25, -0.2) is 0 Å². The van der Waals surface area contributed by atoms with Crippen molar-refractivity contribution >= 4 is 28.8 Å². The Balaban J connectivity index is 1.61. The Morgan fingerprint density at radius 3 is 2.45 bits per heavy atom. The number of hydrazine groups is 2. The van der Waals surface area contributed by atoms with E-state index in [1.165, 1.54) is 0 Å². The molecule has 3 heterocycles. The van der Waals surface area contributed by atoms with Gasteiger partial charge in [0.25, 0.3) is 0 Å². The van der Waals surface area contributed by atoms with Crippen LogP contribution in [-0.2, 0) is 12.7 Å². The molecule has 0 unspecified atom stereocenters. The number of pyridine rings is 2. The number of aromatic nitrogens is 2. The van der Waals surface area contributed by atoms with Crippen LogP contribution in [0.4, 0.5) is 13.2 Å². The molecule has 10 heteroatoms. The lowest BCUT2D eigenvalue weighted by Gasteiger charge is -2.22. The average molecular weight is 536 g/mol. The van der Waals surface area contributed by atoms with Gasteiger partial charge in [0.15, 0.2) is 5.78 Å². The summed E-state index contributed by atoms with van der Waals surface area (Å²) in [5.41, 5.74) is 9.13. The van der Waals surface area contributed by atoms with Crippen LogP contribution in [0.2, 0.25) is 5.02 Å². The van der Waals surface area contributed by atoms with E-state index < -0.39 is 11.7 Å². The van der Waals surface area contributed by atoms with Crippen molar-refractivity contribution in [2.45, 2.75) is 19.6 Å². The first-order valence-electron chi connectivity index (χ1n) is 11.6. The molecule has 5 rings (SSSR count). The zero-order chi connectivity index (χ0) is 26.9. The molecule has 1 aliphatic heterocycles. The van der Waals surface area contributed by atoms with E-state index in [0.29, 0.717) is 44.4 Å². The Labute approximate surface area is 221 Å². The van der Waals surface area contributed by atoms with E-state index in [9.17, 15) is 18.0 Å². The van der Waals surface area contributed by atoms with E-state index in [4.69, 9.17) is 11.6 Å². The number of rotatable bonds is 6. The molecule has 2 aromatic heterocycles. The Morgan fingerprint density at radius 2 is 1.71 bits per heavy atom. The van der Waals surface area contributed by atoms with Crippen molar-refractivity contribution in [2.75, 3.05) is 0 Å². The minimum Gasteiger partial charge on any atom is -0.300 e. The van der Waals surface area contributed by atoms with E-state index in [1.54, 1.807) is 85.1 Å². The monoisotopic (exact) mass is 535 g/mol. The molecule has 192 valence electrons. The largest absolute Gasteiger partial charge is 0.416 e. The first-order valence-corrected chi connectivity index (χ1v) is 12.0. The standard InChI is InChI=1S/C28H21ClF3N5O/c1-17-13-18(15-20(14-17)28(30,31)32)16-37-26(19-8-11-33-12-9-19)25(35-36-37)24-22(6-4-10-34-24)27(38)21-5-2-3-7-23(21)29/h2-15,35-36H,16H2,1H3. The molecule has 0 spiro atoms. The number of ketones is 1. The summed E-state index contributed by atoms with van der Waals surface area (Å²) in [6, 6.07) is 17.6. The fourth-order valence-electron chi connectivity index (χ4n) is 4.35. The highest BCUT2D eigenvalue weighted by molar-refractivity contribution is 6.35. The maximum Gasteiger partial charge on any atom is 0.416 e. The Bertz CT molecular complexity index is 1540. The first kappa shape index (κ1) is 25.4. The predicted octanol–water partition coefficient (Wildman–Crippen LogP) is 6.04. The number of carbonyl (C=O) groups is 1. The number of hydrogen-bond donors (Lipinski definition) is 2. The number of nitrogens with one attached hydrogen (secondary N) is 2. The molecular weight excluding hydrogens is 515 g/mol. The molecule has 2 N–H and O–H groups in total. The average Bonchev–Trinajstić information content (AvgIpc) is 3.31. The number of carbonyl (C=O) groups excluding carboxylic acids is 1. The maximum absolute atomic E-state index is 13.5. The van der Waals surface area contributed by atoms with Crippen LogP contribution in [0.3, 0.4) is 0 Å². The van der Waals surface area contributed by atoms with E-state index in [-0.39, 0.29) is 12.3 Å². The van der Waals surface area contributed by atoms with Gasteiger partial charge in [-0.05, 0) is 61.0 Å². The predicted molar refractivity (Wildman–Crippen MR) is 138 cm³/mol. The first-order chi connectivity index (χ1) is 18.2. The summed E-state index contributed by atoms with van der Waals surface area (Å²) in [5.74, 6) is -0.311. The number of hydrogen-bond acceptors (Lipinski definition) is 6. The van der Waals surface area contributed by atoms with Crippen molar-refractivity contribution in [3.63, 3.8) is 0 Å². The molecule has 4 aromatic rings. The molecule has 0 amide bonds.